The predicted molar refractivity (Wildman–Crippen MR) is 69.4 cm³/mol. The van der Waals surface area contributed by atoms with Gasteiger partial charge in [0.1, 0.15) is 0 Å². The van der Waals surface area contributed by atoms with Crippen molar-refractivity contribution in [2.45, 2.75) is 11.5 Å². The van der Waals surface area contributed by atoms with Gasteiger partial charge < -0.3 is 5.11 Å². The van der Waals surface area contributed by atoms with Gasteiger partial charge in [0.15, 0.2) is 0 Å². The first kappa shape index (κ1) is 14.1. The first-order valence-electron chi connectivity index (χ1n) is 4.96. The molecule has 17 heavy (non-hydrogen) atoms. The van der Waals surface area contributed by atoms with Gasteiger partial charge in [-0.2, -0.15) is 4.31 Å². The summed E-state index contributed by atoms with van der Waals surface area (Å²) in [6, 6.07) is 1.49. The van der Waals surface area contributed by atoms with Crippen LogP contribution in [0.25, 0.3) is 0 Å². The van der Waals surface area contributed by atoms with Gasteiger partial charge in [-0.3, -0.25) is 0 Å². The highest BCUT2D eigenvalue weighted by molar-refractivity contribution is 7.89. The van der Waals surface area contributed by atoms with Crippen LogP contribution < -0.4 is 0 Å². The van der Waals surface area contributed by atoms with Crippen LogP contribution in [0, 0.1) is 0 Å². The Kier molecular flexibility index (Phi) is 5.07. The van der Waals surface area contributed by atoms with Crippen LogP contribution in [-0.4, -0.2) is 30.9 Å². The molecule has 0 bridgehead atoms. The van der Waals surface area contributed by atoms with Gasteiger partial charge in [-0.1, -0.05) is 12.2 Å². The van der Waals surface area contributed by atoms with E-state index in [1.54, 1.807) is 0 Å². The third-order valence-corrected chi connectivity index (χ3v) is 4.97. The number of thiophene rings is 1. The van der Waals surface area contributed by atoms with Crippen LogP contribution in [0.3, 0.4) is 0 Å². The van der Waals surface area contributed by atoms with Crippen LogP contribution in [0.4, 0.5) is 0 Å². The van der Waals surface area contributed by atoms with E-state index in [1.807, 2.05) is 0 Å². The Morgan fingerprint density at radius 3 is 2.35 bits per heavy atom. The molecule has 1 rings (SSSR count). The average molecular weight is 273 g/mol. The highest BCUT2D eigenvalue weighted by atomic mass is 32.2. The monoisotopic (exact) mass is 273 g/mol. The van der Waals surface area contributed by atoms with Crippen LogP contribution in [0.15, 0.2) is 41.7 Å². The number of nitrogens with zero attached hydrogens (tertiary/aromatic N) is 1. The Labute approximate surface area is 106 Å². The fraction of sp³-hybridized carbons (Fsp3) is 0.273. The summed E-state index contributed by atoms with van der Waals surface area (Å²) in [5, 5.41) is 10.5. The van der Waals surface area contributed by atoms with Crippen molar-refractivity contribution >= 4 is 21.4 Å². The van der Waals surface area contributed by atoms with Crippen LogP contribution in [-0.2, 0) is 16.6 Å². The molecule has 0 spiro atoms. The van der Waals surface area contributed by atoms with Crippen LogP contribution in [0.1, 0.15) is 4.88 Å². The van der Waals surface area contributed by atoms with Crippen molar-refractivity contribution in [1.82, 2.24) is 4.31 Å². The van der Waals surface area contributed by atoms with Crippen molar-refractivity contribution in [3.05, 3.63) is 41.6 Å². The van der Waals surface area contributed by atoms with Crippen molar-refractivity contribution in [2.75, 3.05) is 13.1 Å². The number of hydrogen-bond donors (Lipinski definition) is 1. The van der Waals surface area contributed by atoms with E-state index >= 15 is 0 Å². The molecule has 0 aliphatic rings. The molecule has 6 heteroatoms. The van der Waals surface area contributed by atoms with Crippen molar-refractivity contribution in [2.24, 2.45) is 0 Å². The van der Waals surface area contributed by atoms with Crippen LogP contribution in [0.2, 0.25) is 0 Å². The lowest BCUT2D eigenvalue weighted by Crippen LogP contribution is -2.31. The fourth-order valence-electron chi connectivity index (χ4n) is 1.29. The van der Waals surface area contributed by atoms with Gasteiger partial charge >= 0.3 is 0 Å². The van der Waals surface area contributed by atoms with Crippen molar-refractivity contribution < 1.29 is 13.5 Å². The van der Waals surface area contributed by atoms with Gasteiger partial charge in [0.25, 0.3) is 0 Å². The van der Waals surface area contributed by atoms with E-state index in [1.165, 1.54) is 39.2 Å². The highest BCUT2D eigenvalue weighted by Gasteiger charge is 2.23. The van der Waals surface area contributed by atoms with Gasteiger partial charge in [-0.15, -0.1) is 24.5 Å². The molecule has 0 atom stereocenters. The van der Waals surface area contributed by atoms with Gasteiger partial charge in [0, 0.05) is 23.3 Å². The quantitative estimate of drug-likeness (QED) is 0.768. The molecule has 0 aliphatic carbocycles. The summed E-state index contributed by atoms with van der Waals surface area (Å²) >= 11 is 1.22. The summed E-state index contributed by atoms with van der Waals surface area (Å²) in [6.45, 7) is 7.39. The Balaban J connectivity index is 3.05. The zero-order valence-corrected chi connectivity index (χ0v) is 11.0. The SMILES string of the molecule is C=CCN(CC=C)S(=O)(=O)c1csc(CO)c1. The van der Waals surface area contributed by atoms with E-state index in [0.29, 0.717) is 4.88 Å². The van der Waals surface area contributed by atoms with Crippen LogP contribution >= 0.6 is 11.3 Å². The lowest BCUT2D eigenvalue weighted by atomic mass is 10.5. The lowest BCUT2D eigenvalue weighted by molar-refractivity contribution is 0.285. The molecule has 4 nitrogen and oxygen atoms in total. The maximum Gasteiger partial charge on any atom is 0.244 e. The van der Waals surface area contributed by atoms with Gasteiger partial charge in [0.2, 0.25) is 10.0 Å². The summed E-state index contributed by atoms with van der Waals surface area (Å²) in [6.07, 6.45) is 3.06. The van der Waals surface area contributed by atoms with E-state index in [9.17, 15) is 8.42 Å². The van der Waals surface area contributed by atoms with Gasteiger partial charge in [-0.25, -0.2) is 8.42 Å². The molecule has 0 aromatic carbocycles. The minimum atomic E-state index is -3.52. The van der Waals surface area contributed by atoms with Crippen molar-refractivity contribution in [3.8, 4) is 0 Å². The Morgan fingerprint density at radius 2 is 1.94 bits per heavy atom. The van der Waals surface area contributed by atoms with E-state index in [0.717, 1.165) is 0 Å². The second-order valence-corrected chi connectivity index (χ2v) is 6.24. The zero-order valence-electron chi connectivity index (χ0n) is 9.37. The number of rotatable bonds is 7. The van der Waals surface area contributed by atoms with E-state index in [4.69, 9.17) is 5.11 Å². The standard InChI is InChI=1S/C11H15NO3S2/c1-3-5-12(6-4-2)17(14,15)11-7-10(8-13)16-9-11/h3-4,7,9,13H,1-2,5-6,8H2. The maximum atomic E-state index is 12.2. The topological polar surface area (TPSA) is 57.6 Å². The molecule has 0 aliphatic heterocycles. The number of hydrogen-bond acceptors (Lipinski definition) is 4. The molecular formula is C11H15NO3S2. The molecule has 0 amide bonds. The molecule has 94 valence electrons. The molecule has 1 heterocycles. The summed E-state index contributed by atoms with van der Waals surface area (Å²) in [5.74, 6) is 0. The van der Waals surface area contributed by atoms with E-state index in [-0.39, 0.29) is 24.6 Å². The van der Waals surface area contributed by atoms with Gasteiger partial charge in [0.05, 0.1) is 11.5 Å². The molecule has 1 N–H and O–H groups in total. The normalized spacial score (nSPS) is 11.6. The van der Waals surface area contributed by atoms with Crippen molar-refractivity contribution in [1.29, 1.82) is 0 Å². The first-order chi connectivity index (χ1) is 8.06. The number of aliphatic hydroxyl groups excluding tert-OH is 1. The van der Waals surface area contributed by atoms with E-state index in [2.05, 4.69) is 13.2 Å². The average Bonchev–Trinajstić information content (AvgIpc) is 2.78. The largest absolute Gasteiger partial charge is 0.391 e. The van der Waals surface area contributed by atoms with Crippen LogP contribution in [0.5, 0.6) is 0 Å². The number of aliphatic hydroxyl groups is 1. The summed E-state index contributed by atoms with van der Waals surface area (Å²) < 4.78 is 25.7. The fourth-order valence-corrected chi connectivity index (χ4v) is 3.79. The highest BCUT2D eigenvalue weighted by Crippen LogP contribution is 2.22. The Bertz CT molecular complexity index is 481. The first-order valence-corrected chi connectivity index (χ1v) is 7.28. The zero-order chi connectivity index (χ0) is 12.9. The minimum absolute atomic E-state index is 0.150. The van der Waals surface area contributed by atoms with Crippen molar-refractivity contribution in [3.63, 3.8) is 0 Å². The molecular weight excluding hydrogens is 258 g/mol. The second-order valence-electron chi connectivity index (χ2n) is 3.31. The smallest absolute Gasteiger partial charge is 0.244 e. The molecule has 1 aromatic rings. The summed E-state index contributed by atoms with van der Waals surface area (Å²) in [5.41, 5.74) is 0. The second kappa shape index (κ2) is 6.11. The summed E-state index contributed by atoms with van der Waals surface area (Å²) in [4.78, 5) is 0.830. The molecule has 0 unspecified atom stereocenters. The van der Waals surface area contributed by atoms with Gasteiger partial charge in [-0.05, 0) is 6.07 Å². The Hall–Kier alpha value is -0.950. The molecule has 0 radical (unpaired) electrons. The summed E-state index contributed by atoms with van der Waals surface area (Å²) in [7, 11) is -3.52. The third kappa shape index (κ3) is 3.26. The lowest BCUT2D eigenvalue weighted by Gasteiger charge is -2.17. The number of sulfonamides is 1. The molecule has 0 fully saturated rings. The molecule has 1 aromatic heterocycles. The molecule has 0 saturated carbocycles. The minimum Gasteiger partial charge on any atom is -0.391 e. The van der Waals surface area contributed by atoms with E-state index < -0.39 is 10.0 Å². The maximum absolute atomic E-state index is 12.2. The third-order valence-electron chi connectivity index (χ3n) is 2.09. The Morgan fingerprint density at radius 1 is 1.35 bits per heavy atom. The predicted octanol–water partition coefficient (Wildman–Crippen LogP) is 1.60. The molecule has 0 saturated heterocycles.